The summed E-state index contributed by atoms with van der Waals surface area (Å²) >= 11 is 5.87. The molecule has 1 N–H and O–H groups in total. The second kappa shape index (κ2) is 6.21. The molecule has 0 saturated carbocycles. The zero-order chi connectivity index (χ0) is 13.0. The molecule has 1 aliphatic rings. The maximum absolute atomic E-state index is 11.6. The predicted octanol–water partition coefficient (Wildman–Crippen LogP) is 3.09. The summed E-state index contributed by atoms with van der Waals surface area (Å²) < 4.78 is 5.71. The van der Waals surface area contributed by atoms with Gasteiger partial charge in [-0.15, -0.1) is 0 Å². The Morgan fingerprint density at radius 3 is 2.83 bits per heavy atom. The van der Waals surface area contributed by atoms with Gasteiger partial charge < -0.3 is 10.1 Å². The summed E-state index contributed by atoms with van der Waals surface area (Å²) in [6.07, 6.45) is 2.25. The Bertz CT molecular complexity index is 405. The first-order valence-electron chi connectivity index (χ1n) is 6.37. The molecule has 0 radical (unpaired) electrons. The van der Waals surface area contributed by atoms with Gasteiger partial charge >= 0.3 is 0 Å². The van der Waals surface area contributed by atoms with Crippen LogP contribution in [-0.4, -0.2) is 18.6 Å². The molecule has 3 nitrogen and oxygen atoms in total. The van der Waals surface area contributed by atoms with E-state index in [-0.39, 0.29) is 18.1 Å². The van der Waals surface area contributed by atoms with Crippen LogP contribution in [0.1, 0.15) is 37.9 Å². The van der Waals surface area contributed by atoms with E-state index >= 15 is 0 Å². The van der Waals surface area contributed by atoms with Crippen LogP contribution in [0.25, 0.3) is 0 Å². The van der Waals surface area contributed by atoms with Gasteiger partial charge in [0.2, 0.25) is 5.91 Å². The topological polar surface area (TPSA) is 38.3 Å². The molecular weight excluding hydrogens is 250 g/mol. The van der Waals surface area contributed by atoms with Crippen LogP contribution in [-0.2, 0) is 9.53 Å². The molecule has 1 aromatic carbocycles. The fourth-order valence-corrected chi connectivity index (χ4v) is 2.35. The van der Waals surface area contributed by atoms with Gasteiger partial charge in [0.1, 0.15) is 6.10 Å². The molecule has 0 unspecified atom stereocenters. The molecule has 0 bridgehead atoms. The molecule has 1 aromatic rings. The second-order valence-electron chi connectivity index (χ2n) is 4.56. The first kappa shape index (κ1) is 13.4. The first-order valence-corrected chi connectivity index (χ1v) is 6.75. The molecule has 18 heavy (non-hydrogen) atoms. The molecule has 0 aliphatic carbocycles. The van der Waals surface area contributed by atoms with Crippen molar-refractivity contribution in [3.05, 3.63) is 34.9 Å². The number of hydrogen-bond acceptors (Lipinski definition) is 2. The van der Waals surface area contributed by atoms with Crippen molar-refractivity contribution in [2.45, 2.75) is 38.3 Å². The molecular formula is C14H18ClNO2. The van der Waals surface area contributed by atoms with Crippen molar-refractivity contribution in [3.8, 4) is 0 Å². The van der Waals surface area contributed by atoms with Crippen LogP contribution in [0.3, 0.4) is 0 Å². The van der Waals surface area contributed by atoms with E-state index in [0.717, 1.165) is 18.4 Å². The highest BCUT2D eigenvalue weighted by Gasteiger charge is 2.30. The smallest absolute Gasteiger partial charge is 0.220 e. The van der Waals surface area contributed by atoms with E-state index in [1.807, 2.05) is 31.2 Å². The summed E-state index contributed by atoms with van der Waals surface area (Å²) in [4.78, 5) is 11.6. The molecule has 1 saturated heterocycles. The minimum absolute atomic E-state index is 0.0527. The predicted molar refractivity (Wildman–Crippen MR) is 71.6 cm³/mol. The van der Waals surface area contributed by atoms with E-state index in [2.05, 4.69) is 5.32 Å². The molecule has 2 rings (SSSR count). The average molecular weight is 268 g/mol. The highest BCUT2D eigenvalue weighted by atomic mass is 35.5. The minimum atomic E-state index is -0.0527. The second-order valence-corrected chi connectivity index (χ2v) is 4.99. The Kier molecular flexibility index (Phi) is 4.61. The molecule has 1 fully saturated rings. The van der Waals surface area contributed by atoms with Crippen LogP contribution in [0.15, 0.2) is 24.3 Å². The van der Waals surface area contributed by atoms with E-state index in [4.69, 9.17) is 16.3 Å². The molecule has 1 amide bonds. The summed E-state index contributed by atoms with van der Waals surface area (Å²) in [5.74, 6) is 0.104. The summed E-state index contributed by atoms with van der Waals surface area (Å²) in [6.45, 7) is 2.69. The van der Waals surface area contributed by atoms with E-state index < -0.39 is 0 Å². The summed E-state index contributed by atoms with van der Waals surface area (Å²) in [5, 5.41) is 3.76. The van der Waals surface area contributed by atoms with Gasteiger partial charge in [0.05, 0.1) is 6.04 Å². The molecule has 98 valence electrons. The number of carbonyl (C=O) groups is 1. The van der Waals surface area contributed by atoms with Crippen molar-refractivity contribution < 1.29 is 9.53 Å². The summed E-state index contributed by atoms with van der Waals surface area (Å²) in [7, 11) is 0. The van der Waals surface area contributed by atoms with Crippen LogP contribution in [0, 0.1) is 0 Å². The maximum atomic E-state index is 11.6. The number of amides is 1. The lowest BCUT2D eigenvalue weighted by atomic mass is 10.0. The van der Waals surface area contributed by atoms with Gasteiger partial charge in [0.25, 0.3) is 0 Å². The first-order chi connectivity index (χ1) is 8.70. The SMILES string of the molecule is CCCC(=O)N[C@@H]1CCO[C@H]1c1ccc(Cl)cc1. The van der Waals surface area contributed by atoms with Gasteiger partial charge in [-0.05, 0) is 30.5 Å². The summed E-state index contributed by atoms with van der Waals surface area (Å²) in [6, 6.07) is 7.69. The van der Waals surface area contributed by atoms with Gasteiger partial charge in [0, 0.05) is 18.1 Å². The van der Waals surface area contributed by atoms with Crippen molar-refractivity contribution in [2.75, 3.05) is 6.61 Å². The molecule has 1 aliphatic heterocycles. The standard InChI is InChI=1S/C14H18ClNO2/c1-2-3-13(17)16-12-8-9-18-14(12)10-4-6-11(15)7-5-10/h4-7,12,14H,2-3,8-9H2,1H3,(H,16,17)/t12-,14+/m1/s1. The Labute approximate surface area is 112 Å². The number of ether oxygens (including phenoxy) is 1. The highest BCUT2D eigenvalue weighted by molar-refractivity contribution is 6.30. The van der Waals surface area contributed by atoms with Crippen molar-refractivity contribution in [1.29, 1.82) is 0 Å². The quantitative estimate of drug-likeness (QED) is 0.910. The van der Waals surface area contributed by atoms with Crippen molar-refractivity contribution in [2.24, 2.45) is 0 Å². The number of rotatable bonds is 4. The minimum Gasteiger partial charge on any atom is -0.371 e. The average Bonchev–Trinajstić information content (AvgIpc) is 2.78. The van der Waals surface area contributed by atoms with Gasteiger partial charge in [-0.25, -0.2) is 0 Å². The Morgan fingerprint density at radius 2 is 2.17 bits per heavy atom. The van der Waals surface area contributed by atoms with E-state index in [1.54, 1.807) is 0 Å². The lowest BCUT2D eigenvalue weighted by molar-refractivity contribution is -0.122. The molecule has 2 atom stereocenters. The molecule has 0 aromatic heterocycles. The van der Waals surface area contributed by atoms with Crippen LogP contribution in [0.4, 0.5) is 0 Å². The lowest BCUT2D eigenvalue weighted by Gasteiger charge is -2.20. The van der Waals surface area contributed by atoms with Crippen molar-refractivity contribution >= 4 is 17.5 Å². The van der Waals surface area contributed by atoms with Gasteiger partial charge in [0.15, 0.2) is 0 Å². The van der Waals surface area contributed by atoms with Gasteiger partial charge in [-0.1, -0.05) is 30.7 Å². The normalized spacial score (nSPS) is 23.0. The Balaban J connectivity index is 2.03. The third-order valence-electron chi connectivity index (χ3n) is 3.11. The molecule has 1 heterocycles. The number of halogens is 1. The maximum Gasteiger partial charge on any atom is 0.220 e. The fraction of sp³-hybridized carbons (Fsp3) is 0.500. The van der Waals surface area contributed by atoms with Gasteiger partial charge in [-0.2, -0.15) is 0 Å². The van der Waals surface area contributed by atoms with Crippen LogP contribution >= 0.6 is 11.6 Å². The largest absolute Gasteiger partial charge is 0.371 e. The van der Waals surface area contributed by atoms with Crippen LogP contribution in [0.5, 0.6) is 0 Å². The number of hydrogen-bond donors (Lipinski definition) is 1. The van der Waals surface area contributed by atoms with Crippen LogP contribution in [0.2, 0.25) is 5.02 Å². The Hall–Kier alpha value is -1.06. The third kappa shape index (κ3) is 3.24. The van der Waals surface area contributed by atoms with Crippen LogP contribution < -0.4 is 5.32 Å². The monoisotopic (exact) mass is 267 g/mol. The van der Waals surface area contributed by atoms with E-state index in [1.165, 1.54) is 0 Å². The third-order valence-corrected chi connectivity index (χ3v) is 3.37. The molecule has 0 spiro atoms. The van der Waals surface area contributed by atoms with Crippen molar-refractivity contribution in [3.63, 3.8) is 0 Å². The number of carbonyl (C=O) groups excluding carboxylic acids is 1. The summed E-state index contributed by atoms with van der Waals surface area (Å²) in [5.41, 5.74) is 1.07. The number of benzene rings is 1. The zero-order valence-electron chi connectivity index (χ0n) is 10.5. The fourth-order valence-electron chi connectivity index (χ4n) is 2.22. The Morgan fingerprint density at radius 1 is 1.44 bits per heavy atom. The lowest BCUT2D eigenvalue weighted by Crippen LogP contribution is -2.36. The van der Waals surface area contributed by atoms with Gasteiger partial charge in [-0.3, -0.25) is 4.79 Å². The molecule has 4 heteroatoms. The van der Waals surface area contributed by atoms with E-state index in [0.29, 0.717) is 18.1 Å². The highest BCUT2D eigenvalue weighted by Crippen LogP contribution is 2.29. The zero-order valence-corrected chi connectivity index (χ0v) is 11.2. The van der Waals surface area contributed by atoms with Crippen molar-refractivity contribution in [1.82, 2.24) is 5.32 Å². The van der Waals surface area contributed by atoms with E-state index in [9.17, 15) is 4.79 Å². The number of nitrogens with one attached hydrogen (secondary N) is 1.